The van der Waals surface area contributed by atoms with E-state index in [-0.39, 0.29) is 12.2 Å². The summed E-state index contributed by atoms with van der Waals surface area (Å²) in [6, 6.07) is 0. The molecule has 3 nitrogen and oxygen atoms in total. The smallest absolute Gasteiger partial charge is 0.407 e. The minimum Gasteiger partial charge on any atom is -0.447 e. The molecule has 0 saturated heterocycles. The van der Waals surface area contributed by atoms with E-state index in [4.69, 9.17) is 4.74 Å². The molecular weight excluding hydrogens is 214 g/mol. The lowest BCUT2D eigenvalue weighted by Crippen LogP contribution is -2.26. The van der Waals surface area contributed by atoms with Crippen LogP contribution in [0.1, 0.15) is 47.5 Å². The molecule has 0 bridgehead atoms. The number of rotatable bonds is 6. The van der Waals surface area contributed by atoms with Crippen LogP contribution in [0, 0.1) is 0 Å². The van der Waals surface area contributed by atoms with Crippen LogP contribution >= 0.6 is 0 Å². The predicted molar refractivity (Wildman–Crippen MR) is 72.0 cm³/mol. The summed E-state index contributed by atoms with van der Waals surface area (Å²) in [4.78, 5) is 11.2. The summed E-state index contributed by atoms with van der Waals surface area (Å²) >= 11 is 0. The summed E-state index contributed by atoms with van der Waals surface area (Å²) in [6.07, 6.45) is 5.91. The quantitative estimate of drug-likeness (QED) is 0.716. The van der Waals surface area contributed by atoms with Gasteiger partial charge >= 0.3 is 6.09 Å². The van der Waals surface area contributed by atoms with Gasteiger partial charge in [0, 0.05) is 6.54 Å². The van der Waals surface area contributed by atoms with Crippen molar-refractivity contribution in [3.8, 4) is 0 Å². The van der Waals surface area contributed by atoms with Gasteiger partial charge in [0.1, 0.15) is 0 Å². The number of ether oxygens (including phenoxy) is 1. The number of carbonyl (C=O) groups excluding carboxylic acids is 1. The summed E-state index contributed by atoms with van der Waals surface area (Å²) in [5, 5.41) is 2.69. The summed E-state index contributed by atoms with van der Waals surface area (Å²) in [7, 11) is 0. The lowest BCUT2D eigenvalue weighted by atomic mass is 10.1. The maximum absolute atomic E-state index is 11.2. The molecule has 0 atom stereocenters. The highest BCUT2D eigenvalue weighted by molar-refractivity contribution is 5.67. The van der Waals surface area contributed by atoms with Crippen molar-refractivity contribution in [2.75, 3.05) is 6.54 Å². The van der Waals surface area contributed by atoms with Crippen LogP contribution < -0.4 is 5.32 Å². The molecule has 0 radical (unpaired) electrons. The zero-order valence-corrected chi connectivity index (χ0v) is 11.7. The Morgan fingerprint density at radius 1 is 1.24 bits per heavy atom. The molecule has 0 aliphatic heterocycles. The van der Waals surface area contributed by atoms with Crippen LogP contribution in [-0.4, -0.2) is 18.7 Å². The Bertz CT molecular complexity index is 287. The summed E-state index contributed by atoms with van der Waals surface area (Å²) in [5.74, 6) is 0. The Morgan fingerprint density at radius 3 is 2.41 bits per heavy atom. The molecule has 3 heteroatoms. The van der Waals surface area contributed by atoms with Crippen LogP contribution in [0.25, 0.3) is 0 Å². The molecule has 0 spiro atoms. The van der Waals surface area contributed by atoms with Gasteiger partial charge in [0.05, 0.1) is 6.10 Å². The SMILES string of the molecule is CC(C)=CCC/C(C)=C\CNC(=O)OC(C)C. The maximum atomic E-state index is 11.2. The first-order valence-electron chi connectivity index (χ1n) is 6.15. The topological polar surface area (TPSA) is 38.3 Å². The minimum absolute atomic E-state index is 0.0715. The Labute approximate surface area is 105 Å². The third kappa shape index (κ3) is 11.0. The number of nitrogens with one attached hydrogen (secondary N) is 1. The average molecular weight is 239 g/mol. The van der Waals surface area contributed by atoms with Crippen molar-refractivity contribution in [1.82, 2.24) is 5.32 Å². The van der Waals surface area contributed by atoms with Crippen molar-refractivity contribution in [2.24, 2.45) is 0 Å². The molecule has 0 saturated carbocycles. The number of hydrogen-bond donors (Lipinski definition) is 1. The van der Waals surface area contributed by atoms with Crippen LogP contribution in [0.2, 0.25) is 0 Å². The molecule has 0 heterocycles. The van der Waals surface area contributed by atoms with Crippen molar-refractivity contribution in [1.29, 1.82) is 0 Å². The Balaban J connectivity index is 3.76. The zero-order valence-electron chi connectivity index (χ0n) is 11.7. The molecule has 0 aliphatic rings. The van der Waals surface area contributed by atoms with Gasteiger partial charge in [-0.2, -0.15) is 0 Å². The minimum atomic E-state index is -0.353. The maximum Gasteiger partial charge on any atom is 0.407 e. The second-order valence-corrected chi connectivity index (χ2v) is 4.71. The first-order chi connectivity index (χ1) is 7.91. The zero-order chi connectivity index (χ0) is 13.3. The highest BCUT2D eigenvalue weighted by Crippen LogP contribution is 2.05. The molecule has 1 N–H and O–H groups in total. The standard InChI is InChI=1S/C14H25NO2/c1-11(2)7-6-8-13(5)9-10-15-14(16)17-12(3)4/h7,9,12H,6,8,10H2,1-5H3,(H,15,16)/b13-9-. The van der Waals surface area contributed by atoms with Crippen molar-refractivity contribution in [2.45, 2.75) is 53.6 Å². The molecule has 98 valence electrons. The lowest BCUT2D eigenvalue weighted by Gasteiger charge is -2.08. The molecule has 1 amide bonds. The predicted octanol–water partition coefficient (Wildman–Crippen LogP) is 3.81. The third-order valence-corrected chi connectivity index (χ3v) is 2.13. The van der Waals surface area contributed by atoms with Crippen molar-refractivity contribution >= 4 is 6.09 Å². The molecule has 0 aromatic rings. The van der Waals surface area contributed by atoms with Crippen molar-refractivity contribution < 1.29 is 9.53 Å². The van der Waals surface area contributed by atoms with E-state index in [1.54, 1.807) is 0 Å². The second-order valence-electron chi connectivity index (χ2n) is 4.71. The van der Waals surface area contributed by atoms with Gasteiger partial charge in [0.15, 0.2) is 0 Å². The lowest BCUT2D eigenvalue weighted by molar-refractivity contribution is 0.116. The van der Waals surface area contributed by atoms with Gasteiger partial charge in [-0.15, -0.1) is 0 Å². The normalized spacial score (nSPS) is 11.3. The van der Waals surface area contributed by atoms with E-state index in [1.165, 1.54) is 11.1 Å². The number of carbonyl (C=O) groups is 1. The summed E-state index contributed by atoms with van der Waals surface area (Å²) < 4.78 is 4.96. The molecule has 0 unspecified atom stereocenters. The Hall–Kier alpha value is -1.25. The fourth-order valence-corrected chi connectivity index (χ4v) is 1.25. The average Bonchev–Trinajstić information content (AvgIpc) is 2.15. The summed E-state index contributed by atoms with van der Waals surface area (Å²) in [6.45, 7) is 10.5. The van der Waals surface area contributed by atoms with E-state index < -0.39 is 0 Å². The molecule has 0 aromatic carbocycles. The Morgan fingerprint density at radius 2 is 1.88 bits per heavy atom. The summed E-state index contributed by atoms with van der Waals surface area (Å²) in [5.41, 5.74) is 2.63. The number of alkyl carbamates (subject to hydrolysis) is 1. The second kappa shape index (κ2) is 8.85. The van der Waals surface area contributed by atoms with E-state index in [9.17, 15) is 4.79 Å². The van der Waals surface area contributed by atoms with Gasteiger partial charge in [-0.3, -0.25) is 0 Å². The van der Waals surface area contributed by atoms with Crippen LogP contribution in [0.3, 0.4) is 0 Å². The third-order valence-electron chi connectivity index (χ3n) is 2.13. The van der Waals surface area contributed by atoms with Crippen LogP contribution in [0.15, 0.2) is 23.3 Å². The van der Waals surface area contributed by atoms with Crippen LogP contribution in [0.4, 0.5) is 4.79 Å². The van der Waals surface area contributed by atoms with Gasteiger partial charge in [-0.05, 0) is 47.5 Å². The number of amides is 1. The highest BCUT2D eigenvalue weighted by Gasteiger charge is 2.01. The van der Waals surface area contributed by atoms with Crippen molar-refractivity contribution in [3.05, 3.63) is 23.3 Å². The monoisotopic (exact) mass is 239 g/mol. The largest absolute Gasteiger partial charge is 0.447 e. The van der Waals surface area contributed by atoms with Gasteiger partial charge in [0.25, 0.3) is 0 Å². The van der Waals surface area contributed by atoms with Crippen molar-refractivity contribution in [3.63, 3.8) is 0 Å². The number of allylic oxidation sites excluding steroid dienone is 3. The molecular formula is C14H25NO2. The van der Waals surface area contributed by atoms with E-state index in [2.05, 4.69) is 32.2 Å². The van der Waals surface area contributed by atoms with Crippen LogP contribution in [0.5, 0.6) is 0 Å². The Kier molecular flexibility index (Phi) is 8.20. The van der Waals surface area contributed by atoms with E-state index in [1.807, 2.05) is 19.9 Å². The highest BCUT2D eigenvalue weighted by atomic mass is 16.6. The van der Waals surface area contributed by atoms with E-state index in [0.29, 0.717) is 6.54 Å². The first kappa shape index (κ1) is 15.8. The first-order valence-corrected chi connectivity index (χ1v) is 6.15. The molecule has 0 fully saturated rings. The number of hydrogen-bond acceptors (Lipinski definition) is 2. The molecule has 0 aromatic heterocycles. The molecule has 0 rings (SSSR count). The molecule has 17 heavy (non-hydrogen) atoms. The van der Waals surface area contributed by atoms with E-state index >= 15 is 0 Å². The van der Waals surface area contributed by atoms with Gasteiger partial charge < -0.3 is 10.1 Å². The van der Waals surface area contributed by atoms with Gasteiger partial charge in [-0.25, -0.2) is 4.79 Å². The fourth-order valence-electron chi connectivity index (χ4n) is 1.25. The van der Waals surface area contributed by atoms with Gasteiger partial charge in [-0.1, -0.05) is 23.3 Å². The van der Waals surface area contributed by atoms with Gasteiger partial charge in [0.2, 0.25) is 0 Å². The fraction of sp³-hybridized carbons (Fsp3) is 0.643. The van der Waals surface area contributed by atoms with Crippen LogP contribution in [-0.2, 0) is 4.74 Å². The van der Waals surface area contributed by atoms with E-state index in [0.717, 1.165) is 12.8 Å². The molecule has 0 aliphatic carbocycles.